The molecule has 0 amide bonds. The van der Waals surface area contributed by atoms with E-state index in [1.165, 1.54) is 0 Å². The average molecular weight is 193 g/mol. The maximum Gasteiger partial charge on any atom is 0.137 e. The van der Waals surface area contributed by atoms with Gasteiger partial charge in [0.25, 0.3) is 0 Å². The zero-order valence-electron chi connectivity index (χ0n) is 7.16. The number of carbonyl (C=O) groups excluding carboxylic acids is 1. The third kappa shape index (κ3) is 8.23. The first kappa shape index (κ1) is 11.3. The predicted octanol–water partition coefficient (Wildman–Crippen LogP) is 1.69. The van der Waals surface area contributed by atoms with E-state index in [1.807, 2.05) is 0 Å². The average Bonchev–Trinajstić information content (AvgIpc) is 1.85. The van der Waals surface area contributed by atoms with Crippen LogP contribution in [0.1, 0.15) is 20.8 Å². The highest BCUT2D eigenvalue weighted by Crippen LogP contribution is 2.34. The number of nitrogens with two attached hydrogens (primary N) is 1. The summed E-state index contributed by atoms with van der Waals surface area (Å²) in [5.41, 5.74) is 5.40. The standard InChI is InChI=1S/C7H15NOS2/c1-7(2,3)11-10-5-6(8)4-9/h4,6H,5,8H2,1-3H3/t6-/m1/s1. The molecule has 0 saturated carbocycles. The molecule has 0 heterocycles. The van der Waals surface area contributed by atoms with Crippen LogP contribution in [-0.2, 0) is 4.79 Å². The topological polar surface area (TPSA) is 43.1 Å². The van der Waals surface area contributed by atoms with Crippen molar-refractivity contribution in [1.82, 2.24) is 0 Å². The van der Waals surface area contributed by atoms with Crippen LogP contribution in [-0.4, -0.2) is 22.8 Å². The van der Waals surface area contributed by atoms with E-state index < -0.39 is 0 Å². The minimum atomic E-state index is -0.310. The summed E-state index contributed by atoms with van der Waals surface area (Å²) in [6.45, 7) is 6.41. The fourth-order valence-corrected chi connectivity index (χ4v) is 2.72. The molecule has 0 aliphatic carbocycles. The molecule has 2 N–H and O–H groups in total. The molecule has 0 aromatic rings. The van der Waals surface area contributed by atoms with E-state index in [0.29, 0.717) is 5.75 Å². The summed E-state index contributed by atoms with van der Waals surface area (Å²) in [5.74, 6) is 0.700. The second-order valence-electron chi connectivity index (χ2n) is 3.28. The summed E-state index contributed by atoms with van der Waals surface area (Å²) in [6, 6.07) is -0.310. The van der Waals surface area contributed by atoms with Crippen molar-refractivity contribution >= 4 is 27.9 Å². The number of carbonyl (C=O) groups is 1. The molecular formula is C7H15NOS2. The van der Waals surface area contributed by atoms with Gasteiger partial charge in [-0.15, -0.1) is 0 Å². The molecule has 0 aromatic heterocycles. The van der Waals surface area contributed by atoms with Gasteiger partial charge in [0.2, 0.25) is 0 Å². The van der Waals surface area contributed by atoms with Crippen LogP contribution >= 0.6 is 21.6 Å². The van der Waals surface area contributed by atoms with E-state index in [0.717, 1.165) is 6.29 Å². The number of hydrogen-bond donors (Lipinski definition) is 1. The molecule has 11 heavy (non-hydrogen) atoms. The summed E-state index contributed by atoms with van der Waals surface area (Å²) in [6.07, 6.45) is 0.788. The van der Waals surface area contributed by atoms with Crippen LogP contribution in [0.3, 0.4) is 0 Å². The lowest BCUT2D eigenvalue weighted by Gasteiger charge is -2.16. The van der Waals surface area contributed by atoms with Crippen molar-refractivity contribution in [3.8, 4) is 0 Å². The molecule has 0 fully saturated rings. The van der Waals surface area contributed by atoms with Gasteiger partial charge in [-0.2, -0.15) is 0 Å². The molecule has 0 unspecified atom stereocenters. The summed E-state index contributed by atoms with van der Waals surface area (Å²) < 4.78 is 0.243. The predicted molar refractivity (Wildman–Crippen MR) is 53.8 cm³/mol. The summed E-state index contributed by atoms with van der Waals surface area (Å²) in [4.78, 5) is 10.1. The molecule has 0 spiro atoms. The Hall–Kier alpha value is 0.330. The number of rotatable bonds is 4. The molecule has 66 valence electrons. The normalized spacial score (nSPS) is 14.5. The van der Waals surface area contributed by atoms with Crippen LogP contribution in [0.5, 0.6) is 0 Å². The Morgan fingerprint density at radius 1 is 1.55 bits per heavy atom. The quantitative estimate of drug-likeness (QED) is 0.545. The summed E-state index contributed by atoms with van der Waals surface area (Å²) >= 11 is 0. The minimum absolute atomic E-state index is 0.243. The third-order valence-corrected chi connectivity index (χ3v) is 4.14. The SMILES string of the molecule is CC(C)(C)SSC[C@H](N)C=O. The van der Waals surface area contributed by atoms with Gasteiger partial charge in [-0.3, -0.25) is 0 Å². The summed E-state index contributed by atoms with van der Waals surface area (Å²) in [7, 11) is 3.41. The zero-order chi connectivity index (χ0) is 8.91. The maximum absolute atomic E-state index is 10.1. The minimum Gasteiger partial charge on any atom is -0.321 e. The number of hydrogen-bond acceptors (Lipinski definition) is 4. The van der Waals surface area contributed by atoms with Gasteiger partial charge in [0.15, 0.2) is 0 Å². The van der Waals surface area contributed by atoms with Crippen LogP contribution in [0.4, 0.5) is 0 Å². The fraction of sp³-hybridized carbons (Fsp3) is 0.857. The first-order chi connectivity index (χ1) is 4.95. The molecular weight excluding hydrogens is 178 g/mol. The van der Waals surface area contributed by atoms with Crippen LogP contribution in [0, 0.1) is 0 Å². The molecule has 4 heteroatoms. The highest BCUT2D eigenvalue weighted by molar-refractivity contribution is 8.77. The lowest BCUT2D eigenvalue weighted by atomic mass is 10.3. The highest BCUT2D eigenvalue weighted by Gasteiger charge is 2.11. The molecule has 0 aliphatic heterocycles. The first-order valence-electron chi connectivity index (χ1n) is 3.47. The second kappa shape index (κ2) is 5.06. The van der Waals surface area contributed by atoms with Gasteiger partial charge in [0.05, 0.1) is 6.04 Å². The Morgan fingerprint density at radius 2 is 2.09 bits per heavy atom. The van der Waals surface area contributed by atoms with Gasteiger partial charge in [-0.25, -0.2) is 0 Å². The van der Waals surface area contributed by atoms with E-state index in [2.05, 4.69) is 20.8 Å². The van der Waals surface area contributed by atoms with E-state index >= 15 is 0 Å². The van der Waals surface area contributed by atoms with Crippen LogP contribution in [0.15, 0.2) is 0 Å². The molecule has 0 radical (unpaired) electrons. The van der Waals surface area contributed by atoms with Gasteiger partial charge < -0.3 is 10.5 Å². The van der Waals surface area contributed by atoms with Crippen LogP contribution in [0.2, 0.25) is 0 Å². The molecule has 0 rings (SSSR count). The summed E-state index contributed by atoms with van der Waals surface area (Å²) in [5, 5.41) is 0. The molecule has 0 saturated heterocycles. The van der Waals surface area contributed by atoms with Crippen molar-refractivity contribution < 1.29 is 4.79 Å². The molecule has 0 bridgehead atoms. The second-order valence-corrected chi connectivity index (χ2v) is 6.45. The van der Waals surface area contributed by atoms with Crippen molar-refractivity contribution in [3.05, 3.63) is 0 Å². The van der Waals surface area contributed by atoms with Crippen molar-refractivity contribution in [2.24, 2.45) is 5.73 Å². The van der Waals surface area contributed by atoms with Crippen molar-refractivity contribution in [3.63, 3.8) is 0 Å². The molecule has 0 aromatic carbocycles. The fourth-order valence-electron chi connectivity index (χ4n) is 0.329. The molecule has 0 aliphatic rings. The lowest BCUT2D eigenvalue weighted by Crippen LogP contribution is -2.24. The maximum atomic E-state index is 10.1. The molecule has 2 nitrogen and oxygen atoms in total. The van der Waals surface area contributed by atoms with Gasteiger partial charge >= 0.3 is 0 Å². The Morgan fingerprint density at radius 3 is 2.45 bits per heavy atom. The monoisotopic (exact) mass is 193 g/mol. The highest BCUT2D eigenvalue weighted by atomic mass is 33.1. The Labute approximate surface area is 76.1 Å². The van der Waals surface area contributed by atoms with Crippen LogP contribution < -0.4 is 5.73 Å². The Kier molecular flexibility index (Phi) is 5.21. The van der Waals surface area contributed by atoms with E-state index in [4.69, 9.17) is 5.73 Å². The zero-order valence-corrected chi connectivity index (χ0v) is 8.80. The first-order valence-corrected chi connectivity index (χ1v) is 5.79. The largest absolute Gasteiger partial charge is 0.321 e. The van der Waals surface area contributed by atoms with E-state index in [-0.39, 0.29) is 10.8 Å². The smallest absolute Gasteiger partial charge is 0.137 e. The lowest BCUT2D eigenvalue weighted by molar-refractivity contribution is -0.108. The van der Waals surface area contributed by atoms with Gasteiger partial charge in [-0.1, -0.05) is 42.4 Å². The van der Waals surface area contributed by atoms with Crippen molar-refractivity contribution in [2.45, 2.75) is 31.6 Å². The Balaban J connectivity index is 3.35. The Bertz CT molecular complexity index is 122. The van der Waals surface area contributed by atoms with Crippen molar-refractivity contribution in [1.29, 1.82) is 0 Å². The van der Waals surface area contributed by atoms with E-state index in [9.17, 15) is 4.79 Å². The third-order valence-electron chi connectivity index (χ3n) is 0.744. The van der Waals surface area contributed by atoms with Gasteiger partial charge in [-0.05, 0) is 0 Å². The van der Waals surface area contributed by atoms with Gasteiger partial charge in [0, 0.05) is 10.5 Å². The van der Waals surface area contributed by atoms with Gasteiger partial charge in [0.1, 0.15) is 6.29 Å². The molecule has 1 atom stereocenters. The van der Waals surface area contributed by atoms with E-state index in [1.54, 1.807) is 21.6 Å². The number of aldehydes is 1. The van der Waals surface area contributed by atoms with Crippen LogP contribution in [0.25, 0.3) is 0 Å². The van der Waals surface area contributed by atoms with Crippen molar-refractivity contribution in [2.75, 3.05) is 5.75 Å².